The zero-order valence-corrected chi connectivity index (χ0v) is 23.9. The van der Waals surface area contributed by atoms with Crippen LogP contribution >= 0.6 is 34.5 Å². The number of aromatic hydroxyl groups is 1. The number of sulfone groups is 1. The van der Waals surface area contributed by atoms with Crippen molar-refractivity contribution in [2.45, 2.75) is 12.7 Å². The Bertz CT molecular complexity index is 1460. The Morgan fingerprint density at radius 3 is 2.33 bits per heavy atom. The second kappa shape index (κ2) is 13.1. The highest BCUT2D eigenvalue weighted by molar-refractivity contribution is 7.91. The number of anilines is 2. The minimum atomic E-state index is -4.51. The molecule has 0 saturated carbocycles. The van der Waals surface area contributed by atoms with Crippen LogP contribution in [0.15, 0.2) is 36.4 Å². The molecule has 0 spiro atoms. The van der Waals surface area contributed by atoms with E-state index >= 15 is 0 Å². The molecule has 1 aromatic heterocycles. The normalized spacial score (nSPS) is 14.6. The minimum Gasteiger partial charge on any atom is -0.505 e. The van der Waals surface area contributed by atoms with Gasteiger partial charge in [0.05, 0.1) is 27.1 Å². The fourth-order valence-corrected chi connectivity index (χ4v) is 6.21. The lowest BCUT2D eigenvalue weighted by Gasteiger charge is -2.25. The maximum Gasteiger partial charge on any atom is 0.416 e. The summed E-state index contributed by atoms with van der Waals surface area (Å²) < 4.78 is 62.5. The summed E-state index contributed by atoms with van der Waals surface area (Å²) in [6.07, 6.45) is -3.91. The number of amides is 1. The van der Waals surface area contributed by atoms with Crippen LogP contribution in [0, 0.1) is 0 Å². The maximum absolute atomic E-state index is 13.1. The predicted molar refractivity (Wildman–Crippen MR) is 149 cm³/mol. The Balaban J connectivity index is 0.000000336. The highest BCUT2D eigenvalue weighted by atomic mass is 35.5. The Labute approximate surface area is 241 Å². The SMILES string of the molecule is CNc1sc(N2CCS(=O)(=O)CC2)nc1C(=O)NCc1ccccc1C(F)(F)F.O=Cc1cc(Cl)c(O)c(Cl)c1. The molecule has 0 radical (unpaired) electrons. The van der Waals surface area contributed by atoms with Gasteiger partial charge in [0.1, 0.15) is 11.3 Å². The summed E-state index contributed by atoms with van der Waals surface area (Å²) in [5, 5.41) is 15.5. The van der Waals surface area contributed by atoms with Crippen molar-refractivity contribution in [2.75, 3.05) is 41.9 Å². The first kappa shape index (κ1) is 31.5. The van der Waals surface area contributed by atoms with Gasteiger partial charge in [0.2, 0.25) is 0 Å². The quantitative estimate of drug-likeness (QED) is 0.326. The molecule has 0 bridgehead atoms. The predicted octanol–water partition coefficient (Wildman–Crippen LogP) is 4.88. The number of nitrogens with zero attached hydrogens (tertiary/aromatic N) is 2. The van der Waals surface area contributed by atoms with Crippen molar-refractivity contribution >= 4 is 66.7 Å². The van der Waals surface area contributed by atoms with Gasteiger partial charge in [-0.25, -0.2) is 13.4 Å². The molecule has 16 heteroatoms. The van der Waals surface area contributed by atoms with Gasteiger partial charge in [-0.15, -0.1) is 0 Å². The van der Waals surface area contributed by atoms with E-state index < -0.39 is 27.5 Å². The van der Waals surface area contributed by atoms with Gasteiger partial charge in [0, 0.05) is 32.2 Å². The number of hydrogen-bond acceptors (Lipinski definition) is 9. The third-order valence-corrected chi connectivity index (χ3v) is 8.93. The van der Waals surface area contributed by atoms with E-state index in [1.165, 1.54) is 41.7 Å². The molecule has 0 atom stereocenters. The molecule has 9 nitrogen and oxygen atoms in total. The van der Waals surface area contributed by atoms with Gasteiger partial charge in [-0.05, 0) is 23.8 Å². The minimum absolute atomic E-state index is 0.0111. The molecule has 216 valence electrons. The van der Waals surface area contributed by atoms with Crippen LogP contribution in [-0.4, -0.2) is 62.3 Å². The molecule has 2 heterocycles. The van der Waals surface area contributed by atoms with E-state index in [0.29, 0.717) is 22.0 Å². The van der Waals surface area contributed by atoms with Crippen LogP contribution in [0.25, 0.3) is 0 Å². The summed E-state index contributed by atoms with van der Waals surface area (Å²) in [6, 6.07) is 7.72. The number of nitrogens with one attached hydrogen (secondary N) is 2. The average Bonchev–Trinajstić information content (AvgIpc) is 3.34. The Kier molecular flexibility index (Phi) is 10.3. The maximum atomic E-state index is 13.1. The van der Waals surface area contributed by atoms with Crippen molar-refractivity contribution in [3.63, 3.8) is 0 Å². The molecule has 1 aliphatic heterocycles. The van der Waals surface area contributed by atoms with Crippen LogP contribution in [0.2, 0.25) is 10.0 Å². The van der Waals surface area contributed by atoms with E-state index in [-0.39, 0.29) is 58.2 Å². The second-order valence-corrected chi connectivity index (χ2v) is 12.4. The van der Waals surface area contributed by atoms with Gasteiger partial charge >= 0.3 is 6.18 Å². The molecule has 1 fully saturated rings. The lowest BCUT2D eigenvalue weighted by molar-refractivity contribution is -0.138. The summed E-state index contributed by atoms with van der Waals surface area (Å²) >= 11 is 12.2. The zero-order valence-electron chi connectivity index (χ0n) is 20.8. The monoisotopic (exact) mass is 638 g/mol. The molecule has 3 aromatic rings. The van der Waals surface area contributed by atoms with Crippen molar-refractivity contribution in [2.24, 2.45) is 0 Å². The molecule has 4 rings (SSSR count). The Hall–Kier alpha value is -3.07. The number of thiazole rings is 1. The topological polar surface area (TPSA) is 129 Å². The number of phenolic OH excluding ortho intramolecular Hbond substituents is 1. The highest BCUT2D eigenvalue weighted by Crippen LogP contribution is 2.34. The third-order valence-electron chi connectivity index (χ3n) is 5.61. The molecule has 0 aliphatic carbocycles. The first-order chi connectivity index (χ1) is 18.8. The van der Waals surface area contributed by atoms with Crippen LogP contribution in [0.4, 0.5) is 23.3 Å². The van der Waals surface area contributed by atoms with Crippen LogP contribution in [0.3, 0.4) is 0 Å². The molecule has 1 aliphatic rings. The standard InChI is InChI=1S/C17H19F3N4O3S2.C7H4Cl2O2/c1-21-15-13(23-16(28-15)24-6-8-29(26,27)9-7-24)14(25)22-10-11-4-2-3-5-12(11)17(18,19)20;8-5-1-4(3-10)2-6(9)7(5)11/h2-5,21H,6-10H2,1H3,(H,22,25);1-3,11H. The van der Waals surface area contributed by atoms with Crippen molar-refractivity contribution in [1.29, 1.82) is 0 Å². The van der Waals surface area contributed by atoms with Gasteiger partial charge in [-0.3, -0.25) is 9.59 Å². The average molecular weight is 640 g/mol. The van der Waals surface area contributed by atoms with Crippen molar-refractivity contribution in [1.82, 2.24) is 10.3 Å². The van der Waals surface area contributed by atoms with Crippen LogP contribution in [-0.2, 0) is 22.6 Å². The molecule has 0 unspecified atom stereocenters. The van der Waals surface area contributed by atoms with Gasteiger partial charge in [0.15, 0.2) is 26.4 Å². The second-order valence-electron chi connectivity index (χ2n) is 8.35. The first-order valence-corrected chi connectivity index (χ1v) is 14.9. The lowest BCUT2D eigenvalue weighted by atomic mass is 10.1. The number of phenols is 1. The number of carbonyl (C=O) groups is 2. The number of carbonyl (C=O) groups excluding carboxylic acids is 2. The molecule has 1 saturated heterocycles. The third kappa shape index (κ3) is 7.99. The fraction of sp³-hybridized carbons (Fsp3) is 0.292. The van der Waals surface area contributed by atoms with E-state index in [9.17, 15) is 31.2 Å². The fourth-order valence-electron chi connectivity index (χ4n) is 3.53. The first-order valence-electron chi connectivity index (χ1n) is 11.5. The number of alkyl halides is 3. The molecular formula is C24H23Cl2F3N4O5S2. The number of aldehydes is 1. The number of halogens is 5. The Morgan fingerprint density at radius 1 is 1.18 bits per heavy atom. The summed E-state index contributed by atoms with van der Waals surface area (Å²) in [5.74, 6) is -0.786. The van der Waals surface area contributed by atoms with Crippen molar-refractivity contribution < 1.29 is 36.3 Å². The van der Waals surface area contributed by atoms with E-state index in [4.69, 9.17) is 28.3 Å². The van der Waals surface area contributed by atoms with Crippen LogP contribution < -0.4 is 15.5 Å². The van der Waals surface area contributed by atoms with Crippen molar-refractivity contribution in [3.05, 3.63) is 68.8 Å². The number of benzene rings is 2. The van der Waals surface area contributed by atoms with E-state index in [2.05, 4.69) is 15.6 Å². The summed E-state index contributed by atoms with van der Waals surface area (Å²) in [6.45, 7) is 0.254. The molecule has 3 N–H and O–H groups in total. The van der Waals surface area contributed by atoms with E-state index in [1.54, 1.807) is 11.9 Å². The van der Waals surface area contributed by atoms with E-state index in [1.807, 2.05) is 0 Å². The summed E-state index contributed by atoms with van der Waals surface area (Å²) in [7, 11) is -1.45. The number of aromatic nitrogens is 1. The van der Waals surface area contributed by atoms with Gasteiger partial charge in [-0.1, -0.05) is 52.7 Å². The molecular weight excluding hydrogens is 616 g/mol. The van der Waals surface area contributed by atoms with Gasteiger partial charge in [-0.2, -0.15) is 13.2 Å². The van der Waals surface area contributed by atoms with Gasteiger partial charge < -0.3 is 20.6 Å². The largest absolute Gasteiger partial charge is 0.505 e. The lowest BCUT2D eigenvalue weighted by Crippen LogP contribution is -2.40. The molecule has 40 heavy (non-hydrogen) atoms. The van der Waals surface area contributed by atoms with Gasteiger partial charge in [0.25, 0.3) is 5.91 Å². The zero-order chi connectivity index (χ0) is 29.7. The van der Waals surface area contributed by atoms with E-state index in [0.717, 1.165) is 6.07 Å². The molecule has 2 aromatic carbocycles. The van der Waals surface area contributed by atoms with Crippen molar-refractivity contribution in [3.8, 4) is 5.75 Å². The number of hydrogen-bond donors (Lipinski definition) is 3. The van der Waals surface area contributed by atoms with Crippen LogP contribution in [0.5, 0.6) is 5.75 Å². The highest BCUT2D eigenvalue weighted by Gasteiger charge is 2.33. The summed E-state index contributed by atoms with van der Waals surface area (Å²) in [5.41, 5.74) is -0.443. The molecule has 1 amide bonds. The van der Waals surface area contributed by atoms with Crippen LogP contribution in [0.1, 0.15) is 32.0 Å². The summed E-state index contributed by atoms with van der Waals surface area (Å²) in [4.78, 5) is 28.8. The Morgan fingerprint density at radius 2 is 1.77 bits per heavy atom. The number of rotatable bonds is 6. The smallest absolute Gasteiger partial charge is 0.416 e.